The van der Waals surface area contributed by atoms with Gasteiger partial charge in [-0.15, -0.1) is 0 Å². The Morgan fingerprint density at radius 2 is 1.67 bits per heavy atom. The van der Waals surface area contributed by atoms with E-state index in [0.29, 0.717) is 6.04 Å². The zero-order chi connectivity index (χ0) is 10.3. The van der Waals surface area contributed by atoms with Crippen LogP contribution in [-0.2, 0) is 0 Å². The fourth-order valence-corrected chi connectivity index (χ4v) is 2.29. The summed E-state index contributed by atoms with van der Waals surface area (Å²) in [6, 6.07) is 0.565. The molecule has 3 heteroatoms. The first-order valence-electron chi connectivity index (χ1n) is 6.37. The highest BCUT2D eigenvalue weighted by molar-refractivity contribution is 5.74. The number of rotatable bonds is 5. The van der Waals surface area contributed by atoms with E-state index in [1.165, 1.54) is 38.5 Å². The molecular weight excluding hydrogens is 188 g/mol. The predicted molar refractivity (Wildman–Crippen MR) is 58.5 cm³/mol. The molecule has 0 heterocycles. The van der Waals surface area contributed by atoms with Gasteiger partial charge in [-0.2, -0.15) is 0 Å². The van der Waals surface area contributed by atoms with Crippen molar-refractivity contribution < 1.29 is 4.79 Å². The summed E-state index contributed by atoms with van der Waals surface area (Å²) < 4.78 is 0. The maximum absolute atomic E-state index is 11.6. The van der Waals surface area contributed by atoms with E-state index in [2.05, 4.69) is 10.6 Å². The Balaban J connectivity index is 1.42. The highest BCUT2D eigenvalue weighted by atomic mass is 16.2. The molecule has 3 saturated carbocycles. The second kappa shape index (κ2) is 3.69. The first-order chi connectivity index (χ1) is 7.33. The maximum Gasteiger partial charge on any atom is 0.315 e. The van der Waals surface area contributed by atoms with Gasteiger partial charge in [-0.25, -0.2) is 4.79 Å². The van der Waals surface area contributed by atoms with Crippen LogP contribution in [0.15, 0.2) is 0 Å². The molecule has 0 aromatic carbocycles. The lowest BCUT2D eigenvalue weighted by molar-refractivity contribution is 0.233. The minimum absolute atomic E-state index is 0.0747. The molecule has 3 rings (SSSR count). The monoisotopic (exact) mass is 208 g/mol. The third-order valence-corrected chi connectivity index (χ3v) is 3.81. The van der Waals surface area contributed by atoms with E-state index in [1.807, 2.05) is 0 Å². The van der Waals surface area contributed by atoms with Gasteiger partial charge in [-0.1, -0.05) is 0 Å². The number of hydrogen-bond donors (Lipinski definition) is 2. The van der Waals surface area contributed by atoms with Crippen LogP contribution in [0.1, 0.15) is 38.5 Å². The lowest BCUT2D eigenvalue weighted by Crippen LogP contribution is -2.44. The molecule has 0 saturated heterocycles. The lowest BCUT2D eigenvalue weighted by atomic mass is 10.1. The Morgan fingerprint density at radius 3 is 2.13 bits per heavy atom. The first kappa shape index (κ1) is 9.49. The quantitative estimate of drug-likeness (QED) is 0.711. The second-order valence-corrected chi connectivity index (χ2v) is 5.50. The Labute approximate surface area is 91.0 Å². The molecule has 0 aliphatic heterocycles. The van der Waals surface area contributed by atoms with E-state index in [9.17, 15) is 4.79 Å². The van der Waals surface area contributed by atoms with Gasteiger partial charge < -0.3 is 10.6 Å². The number of nitrogens with one attached hydrogen (secondary N) is 2. The van der Waals surface area contributed by atoms with Gasteiger partial charge >= 0.3 is 6.03 Å². The van der Waals surface area contributed by atoms with E-state index >= 15 is 0 Å². The van der Waals surface area contributed by atoms with Crippen molar-refractivity contribution in [2.45, 2.75) is 44.6 Å². The molecule has 0 unspecified atom stereocenters. The molecule has 0 bridgehead atoms. The van der Waals surface area contributed by atoms with Gasteiger partial charge in [0.05, 0.1) is 0 Å². The predicted octanol–water partition coefficient (Wildman–Crippen LogP) is 1.88. The largest absolute Gasteiger partial charge is 0.338 e. The van der Waals surface area contributed by atoms with Crippen LogP contribution in [0.3, 0.4) is 0 Å². The van der Waals surface area contributed by atoms with E-state index in [4.69, 9.17) is 0 Å². The van der Waals surface area contributed by atoms with Crippen LogP contribution >= 0.6 is 0 Å². The molecule has 84 valence electrons. The highest BCUT2D eigenvalue weighted by Gasteiger charge is 2.42. The molecule has 0 radical (unpaired) electrons. The number of carbonyl (C=O) groups is 1. The fraction of sp³-hybridized carbons (Fsp3) is 0.917. The van der Waals surface area contributed by atoms with Crippen molar-refractivity contribution in [2.24, 2.45) is 17.8 Å². The van der Waals surface area contributed by atoms with Crippen molar-refractivity contribution >= 4 is 6.03 Å². The maximum atomic E-state index is 11.6. The zero-order valence-electron chi connectivity index (χ0n) is 9.17. The molecule has 0 aromatic rings. The van der Waals surface area contributed by atoms with Crippen molar-refractivity contribution in [1.29, 1.82) is 0 Å². The highest BCUT2D eigenvalue weighted by Crippen LogP contribution is 2.44. The van der Waals surface area contributed by atoms with E-state index in [0.717, 1.165) is 24.3 Å². The third-order valence-electron chi connectivity index (χ3n) is 3.81. The second-order valence-electron chi connectivity index (χ2n) is 5.50. The molecule has 3 aliphatic rings. The summed E-state index contributed by atoms with van der Waals surface area (Å²) in [4.78, 5) is 11.6. The summed E-state index contributed by atoms with van der Waals surface area (Å²) in [5, 5.41) is 6.16. The SMILES string of the molecule is O=C(NCC1CC1)NC(C1CC1)C1CC1. The Kier molecular flexibility index (Phi) is 2.33. The standard InChI is InChI=1S/C12H20N2O/c15-12(13-7-8-1-2-8)14-11(9-3-4-9)10-5-6-10/h8-11H,1-7H2,(H2,13,14,15). The Hall–Kier alpha value is -0.730. The summed E-state index contributed by atoms with van der Waals surface area (Å²) in [5.41, 5.74) is 0. The van der Waals surface area contributed by atoms with Crippen molar-refractivity contribution in [3.05, 3.63) is 0 Å². The minimum Gasteiger partial charge on any atom is -0.338 e. The molecule has 2 N–H and O–H groups in total. The van der Waals surface area contributed by atoms with Crippen LogP contribution in [-0.4, -0.2) is 18.6 Å². The van der Waals surface area contributed by atoms with E-state index in [1.54, 1.807) is 0 Å². The molecule has 0 atom stereocenters. The number of amides is 2. The van der Waals surface area contributed by atoms with Crippen molar-refractivity contribution in [3.8, 4) is 0 Å². The summed E-state index contributed by atoms with van der Waals surface area (Å²) >= 11 is 0. The molecule has 3 nitrogen and oxygen atoms in total. The average Bonchev–Trinajstić information content (AvgIpc) is 3.12. The van der Waals surface area contributed by atoms with Crippen molar-refractivity contribution in [3.63, 3.8) is 0 Å². The molecule has 2 amide bonds. The normalized spacial score (nSPS) is 25.4. The minimum atomic E-state index is 0.0747. The van der Waals surface area contributed by atoms with E-state index < -0.39 is 0 Å². The molecule has 3 aliphatic carbocycles. The lowest BCUT2D eigenvalue weighted by Gasteiger charge is -2.17. The van der Waals surface area contributed by atoms with Gasteiger partial charge in [0, 0.05) is 12.6 Å². The van der Waals surface area contributed by atoms with Crippen LogP contribution in [0.5, 0.6) is 0 Å². The van der Waals surface area contributed by atoms with Crippen LogP contribution in [0.4, 0.5) is 4.79 Å². The summed E-state index contributed by atoms with van der Waals surface area (Å²) in [7, 11) is 0. The van der Waals surface area contributed by atoms with Gasteiger partial charge in [0.15, 0.2) is 0 Å². The molecule has 0 spiro atoms. The van der Waals surface area contributed by atoms with Crippen molar-refractivity contribution in [1.82, 2.24) is 10.6 Å². The molecule has 15 heavy (non-hydrogen) atoms. The number of urea groups is 1. The smallest absolute Gasteiger partial charge is 0.315 e. The zero-order valence-corrected chi connectivity index (χ0v) is 9.17. The Bertz CT molecular complexity index is 242. The fourth-order valence-electron chi connectivity index (χ4n) is 2.29. The van der Waals surface area contributed by atoms with Gasteiger partial charge in [0.1, 0.15) is 0 Å². The van der Waals surface area contributed by atoms with Gasteiger partial charge in [0.25, 0.3) is 0 Å². The summed E-state index contributed by atoms with van der Waals surface area (Å²) in [6.07, 6.45) is 7.90. The topological polar surface area (TPSA) is 41.1 Å². The van der Waals surface area contributed by atoms with Crippen LogP contribution < -0.4 is 10.6 Å². The average molecular weight is 208 g/mol. The number of hydrogen-bond acceptors (Lipinski definition) is 1. The summed E-state index contributed by atoms with van der Waals surface area (Å²) in [6.45, 7) is 0.883. The summed E-state index contributed by atoms with van der Waals surface area (Å²) in [5.74, 6) is 2.37. The Morgan fingerprint density at radius 1 is 1.07 bits per heavy atom. The number of carbonyl (C=O) groups excluding carboxylic acids is 1. The molecule has 3 fully saturated rings. The third kappa shape index (κ3) is 2.64. The van der Waals surface area contributed by atoms with Crippen LogP contribution in [0, 0.1) is 17.8 Å². The molecule has 0 aromatic heterocycles. The van der Waals surface area contributed by atoms with Crippen LogP contribution in [0.2, 0.25) is 0 Å². The van der Waals surface area contributed by atoms with Crippen LogP contribution in [0.25, 0.3) is 0 Å². The first-order valence-corrected chi connectivity index (χ1v) is 6.37. The van der Waals surface area contributed by atoms with Gasteiger partial charge in [-0.05, 0) is 56.3 Å². The van der Waals surface area contributed by atoms with Gasteiger partial charge in [0.2, 0.25) is 0 Å². The van der Waals surface area contributed by atoms with Gasteiger partial charge in [-0.3, -0.25) is 0 Å². The van der Waals surface area contributed by atoms with Crippen molar-refractivity contribution in [2.75, 3.05) is 6.54 Å². The molecular formula is C12H20N2O. The van der Waals surface area contributed by atoms with E-state index in [-0.39, 0.29) is 6.03 Å².